The lowest BCUT2D eigenvalue weighted by molar-refractivity contribution is -0.137. The van der Waals surface area contributed by atoms with Gasteiger partial charge in [0, 0.05) is 17.5 Å². The van der Waals surface area contributed by atoms with Gasteiger partial charge in [0.25, 0.3) is 0 Å². The fourth-order valence-corrected chi connectivity index (χ4v) is 3.55. The monoisotopic (exact) mass is 404 g/mol. The zero-order valence-electron chi connectivity index (χ0n) is 15.2. The van der Waals surface area contributed by atoms with Crippen LogP contribution >= 0.6 is 11.3 Å². The van der Waals surface area contributed by atoms with Crippen LogP contribution in [0.1, 0.15) is 22.4 Å². The lowest BCUT2D eigenvalue weighted by atomic mass is 10.1. The van der Waals surface area contributed by atoms with Gasteiger partial charge in [-0.25, -0.2) is 4.98 Å². The number of thiazole rings is 1. The van der Waals surface area contributed by atoms with Crippen molar-refractivity contribution in [2.45, 2.75) is 25.9 Å². The van der Waals surface area contributed by atoms with Crippen LogP contribution in [0.5, 0.6) is 0 Å². The largest absolute Gasteiger partial charge is 0.416 e. The molecule has 3 aromatic rings. The minimum Gasteiger partial charge on any atom is -0.355 e. The van der Waals surface area contributed by atoms with Crippen molar-refractivity contribution >= 4 is 17.2 Å². The quantitative estimate of drug-likeness (QED) is 0.626. The molecule has 1 heterocycles. The van der Waals surface area contributed by atoms with E-state index in [4.69, 9.17) is 0 Å². The number of nitrogens with one attached hydrogen (secondary N) is 1. The van der Waals surface area contributed by atoms with Gasteiger partial charge in [0.05, 0.1) is 17.7 Å². The van der Waals surface area contributed by atoms with Gasteiger partial charge in [-0.05, 0) is 37.1 Å². The molecule has 0 fully saturated rings. The Kier molecular flexibility index (Phi) is 6.14. The number of benzene rings is 2. The molecule has 0 spiro atoms. The first-order chi connectivity index (χ1) is 13.3. The molecular weight excluding hydrogens is 385 g/mol. The molecule has 1 amide bonds. The maximum Gasteiger partial charge on any atom is 0.416 e. The van der Waals surface area contributed by atoms with Crippen molar-refractivity contribution in [2.24, 2.45) is 0 Å². The molecule has 2 aromatic carbocycles. The van der Waals surface area contributed by atoms with Crippen LogP contribution in [0.25, 0.3) is 10.6 Å². The number of hydrogen-bond acceptors (Lipinski definition) is 3. The van der Waals surface area contributed by atoms with Crippen molar-refractivity contribution in [1.29, 1.82) is 0 Å². The summed E-state index contributed by atoms with van der Waals surface area (Å²) in [5, 5.41) is 5.53. The Morgan fingerprint density at radius 3 is 2.57 bits per heavy atom. The normalized spacial score (nSPS) is 11.4. The average molecular weight is 404 g/mol. The fraction of sp³-hybridized carbons (Fsp3) is 0.238. The summed E-state index contributed by atoms with van der Waals surface area (Å²) < 4.78 is 37.7. The van der Waals surface area contributed by atoms with E-state index in [1.807, 2.05) is 36.6 Å². The van der Waals surface area contributed by atoms with Crippen LogP contribution in [0, 0.1) is 6.92 Å². The van der Waals surface area contributed by atoms with E-state index < -0.39 is 11.7 Å². The summed E-state index contributed by atoms with van der Waals surface area (Å²) in [7, 11) is 0. The molecule has 0 aliphatic rings. The molecule has 28 heavy (non-hydrogen) atoms. The Hall–Kier alpha value is -2.67. The van der Waals surface area contributed by atoms with E-state index in [2.05, 4.69) is 10.3 Å². The summed E-state index contributed by atoms with van der Waals surface area (Å²) >= 11 is 1.49. The second-order valence-corrected chi connectivity index (χ2v) is 7.34. The molecule has 1 aromatic heterocycles. The Labute approximate surface area is 165 Å². The van der Waals surface area contributed by atoms with Crippen LogP contribution in [0.15, 0.2) is 53.9 Å². The summed E-state index contributed by atoms with van der Waals surface area (Å²) in [6.45, 7) is 2.38. The molecule has 0 bridgehead atoms. The van der Waals surface area contributed by atoms with Gasteiger partial charge in [0.1, 0.15) is 5.01 Å². The number of hydrogen-bond donors (Lipinski definition) is 1. The first-order valence-electron chi connectivity index (χ1n) is 8.75. The van der Waals surface area contributed by atoms with Crippen molar-refractivity contribution < 1.29 is 18.0 Å². The molecule has 0 saturated carbocycles. The van der Waals surface area contributed by atoms with Gasteiger partial charge in [-0.15, -0.1) is 11.3 Å². The maximum absolute atomic E-state index is 12.6. The molecule has 0 unspecified atom stereocenters. The third-order valence-corrected chi connectivity index (χ3v) is 5.12. The smallest absolute Gasteiger partial charge is 0.355 e. The van der Waals surface area contributed by atoms with E-state index in [9.17, 15) is 18.0 Å². The third kappa shape index (κ3) is 5.42. The van der Waals surface area contributed by atoms with E-state index >= 15 is 0 Å². The topological polar surface area (TPSA) is 42.0 Å². The van der Waals surface area contributed by atoms with Crippen LogP contribution in [0.3, 0.4) is 0 Å². The molecular formula is C21H19F3N2OS. The van der Waals surface area contributed by atoms with Crippen molar-refractivity contribution in [3.8, 4) is 10.6 Å². The van der Waals surface area contributed by atoms with Crippen molar-refractivity contribution in [3.05, 3.63) is 76.3 Å². The van der Waals surface area contributed by atoms with Gasteiger partial charge in [-0.3, -0.25) is 4.79 Å². The fourth-order valence-electron chi connectivity index (χ4n) is 2.73. The number of rotatable bonds is 6. The lowest BCUT2D eigenvalue weighted by Gasteiger charge is -2.08. The Bertz CT molecular complexity index is 949. The Morgan fingerprint density at radius 2 is 1.89 bits per heavy atom. The van der Waals surface area contributed by atoms with Crippen LogP contribution in [-0.4, -0.2) is 17.4 Å². The number of alkyl halides is 3. The van der Waals surface area contributed by atoms with E-state index in [1.165, 1.54) is 23.5 Å². The summed E-state index contributed by atoms with van der Waals surface area (Å²) in [5.41, 5.74) is 2.94. The third-order valence-electron chi connectivity index (χ3n) is 4.18. The predicted octanol–water partition coefficient (Wildman–Crippen LogP) is 5.04. The highest BCUT2D eigenvalue weighted by atomic mass is 32.1. The highest BCUT2D eigenvalue weighted by molar-refractivity contribution is 7.13. The number of aryl methyl sites for hydroxylation is 1. The van der Waals surface area contributed by atoms with E-state index in [1.54, 1.807) is 0 Å². The molecule has 0 aliphatic heterocycles. The Balaban J connectivity index is 1.48. The molecule has 146 valence electrons. The number of nitrogens with zero attached hydrogens (tertiary/aromatic N) is 1. The van der Waals surface area contributed by atoms with Crippen LogP contribution in [0.2, 0.25) is 0 Å². The van der Waals surface area contributed by atoms with E-state index in [0.29, 0.717) is 18.7 Å². The van der Waals surface area contributed by atoms with Crippen molar-refractivity contribution in [3.63, 3.8) is 0 Å². The highest BCUT2D eigenvalue weighted by Crippen LogP contribution is 2.29. The van der Waals surface area contributed by atoms with Gasteiger partial charge in [-0.2, -0.15) is 13.2 Å². The van der Waals surface area contributed by atoms with Gasteiger partial charge in [-0.1, -0.05) is 35.9 Å². The highest BCUT2D eigenvalue weighted by Gasteiger charge is 2.29. The van der Waals surface area contributed by atoms with Crippen LogP contribution in [-0.2, 0) is 23.8 Å². The van der Waals surface area contributed by atoms with Gasteiger partial charge in [0.15, 0.2) is 0 Å². The standard InChI is InChI=1S/C21H19F3N2OS/c1-14-3-2-4-16(11-14)20-26-18(13-28-20)12-19(27)25-10-9-15-5-7-17(8-6-15)21(22,23)24/h2-8,11,13H,9-10,12H2,1H3,(H,25,27). The summed E-state index contributed by atoms with van der Waals surface area (Å²) in [6.07, 6.45) is -3.69. The number of halogens is 3. The number of aromatic nitrogens is 1. The molecule has 1 N–H and O–H groups in total. The molecule has 7 heteroatoms. The van der Waals surface area contributed by atoms with Gasteiger partial charge in [0.2, 0.25) is 5.91 Å². The molecule has 3 nitrogen and oxygen atoms in total. The molecule has 0 aliphatic carbocycles. The number of carbonyl (C=O) groups is 1. The minimum absolute atomic E-state index is 0.159. The van der Waals surface area contributed by atoms with Gasteiger partial charge >= 0.3 is 6.18 Å². The van der Waals surface area contributed by atoms with Crippen LogP contribution in [0.4, 0.5) is 13.2 Å². The van der Waals surface area contributed by atoms with Crippen molar-refractivity contribution in [1.82, 2.24) is 10.3 Å². The Morgan fingerprint density at radius 1 is 1.14 bits per heavy atom. The molecule has 0 radical (unpaired) electrons. The second kappa shape index (κ2) is 8.56. The zero-order valence-corrected chi connectivity index (χ0v) is 16.0. The second-order valence-electron chi connectivity index (χ2n) is 6.48. The number of carbonyl (C=O) groups excluding carboxylic acids is 1. The van der Waals surface area contributed by atoms with Gasteiger partial charge < -0.3 is 5.32 Å². The van der Waals surface area contributed by atoms with E-state index in [-0.39, 0.29) is 12.3 Å². The lowest BCUT2D eigenvalue weighted by Crippen LogP contribution is -2.27. The SMILES string of the molecule is Cc1cccc(-c2nc(CC(=O)NCCc3ccc(C(F)(F)F)cc3)cs2)c1. The summed E-state index contributed by atoms with van der Waals surface area (Å²) in [4.78, 5) is 16.6. The van der Waals surface area contributed by atoms with Crippen molar-refractivity contribution in [2.75, 3.05) is 6.54 Å². The first-order valence-corrected chi connectivity index (χ1v) is 9.63. The minimum atomic E-state index is -4.34. The van der Waals surface area contributed by atoms with Crippen LogP contribution < -0.4 is 5.32 Å². The molecule has 0 saturated heterocycles. The predicted molar refractivity (Wildman–Crippen MR) is 104 cm³/mol. The maximum atomic E-state index is 12.6. The molecule has 0 atom stereocenters. The first kappa shape index (κ1) is 20.1. The zero-order chi connectivity index (χ0) is 20.1. The average Bonchev–Trinajstić information content (AvgIpc) is 3.10. The summed E-state index contributed by atoms with van der Waals surface area (Å²) in [6, 6.07) is 13.0. The number of amides is 1. The van der Waals surface area contributed by atoms with E-state index in [0.717, 1.165) is 33.8 Å². The summed E-state index contributed by atoms with van der Waals surface area (Å²) in [5.74, 6) is -0.159. The molecule has 3 rings (SSSR count).